The second-order valence-electron chi connectivity index (χ2n) is 7.72. The van der Waals surface area contributed by atoms with Gasteiger partial charge >= 0.3 is 0 Å². The van der Waals surface area contributed by atoms with E-state index in [1.807, 2.05) is 36.4 Å². The summed E-state index contributed by atoms with van der Waals surface area (Å²) in [6.45, 7) is 6.31. The summed E-state index contributed by atoms with van der Waals surface area (Å²) in [7, 11) is 0. The highest BCUT2D eigenvalue weighted by atomic mass is 32.2. The van der Waals surface area contributed by atoms with Gasteiger partial charge in [0, 0.05) is 30.0 Å². The van der Waals surface area contributed by atoms with Crippen LogP contribution in [0, 0.1) is 0 Å². The third-order valence-electron chi connectivity index (χ3n) is 5.80. The number of thioether (sulfide) groups is 1. The molecule has 0 radical (unpaired) electrons. The van der Waals surface area contributed by atoms with Crippen LogP contribution in [0.4, 0.5) is 11.4 Å². The Balaban J connectivity index is 1.55. The van der Waals surface area contributed by atoms with Gasteiger partial charge in [-0.1, -0.05) is 60.7 Å². The Morgan fingerprint density at radius 3 is 2.15 bits per heavy atom. The molecule has 5 rings (SSSR count). The number of benzene rings is 3. The van der Waals surface area contributed by atoms with Crippen LogP contribution in [0.5, 0.6) is 0 Å². The normalized spacial score (nSPS) is 17.5. The standard InChI is InChI=1S/C26H25N5S2/c1-3-29(4-2)21-17-15-19(16-18-21)23-27-25-31(26(32)30(23)22-13-9-6-10-14-22)28-24(33-25)20-11-7-5-8-12-20/h5-18,23H,3-4H2,1-2H3/t23-/m1/s1. The molecule has 5 nitrogen and oxygen atoms in total. The van der Waals surface area contributed by atoms with E-state index in [2.05, 4.69) is 72.2 Å². The Morgan fingerprint density at radius 2 is 1.52 bits per heavy atom. The van der Waals surface area contributed by atoms with Gasteiger partial charge in [0.15, 0.2) is 11.3 Å². The van der Waals surface area contributed by atoms with Crippen molar-refractivity contribution in [2.45, 2.75) is 20.0 Å². The molecule has 2 heterocycles. The highest BCUT2D eigenvalue weighted by Gasteiger charge is 2.39. The Kier molecular flexibility index (Phi) is 6.15. The van der Waals surface area contributed by atoms with Crippen molar-refractivity contribution in [2.24, 2.45) is 10.1 Å². The highest BCUT2D eigenvalue weighted by molar-refractivity contribution is 8.27. The average molecular weight is 472 g/mol. The smallest absolute Gasteiger partial charge is 0.205 e. The van der Waals surface area contributed by atoms with Crippen molar-refractivity contribution in [3.8, 4) is 0 Å². The van der Waals surface area contributed by atoms with Gasteiger partial charge in [-0.15, -0.1) is 0 Å². The SMILES string of the molecule is CCN(CC)c1ccc([C@@H]2N=C3SC(c4ccccc4)=NN3C(=S)N2c2ccccc2)cc1. The molecule has 3 aromatic rings. The van der Waals surface area contributed by atoms with Gasteiger partial charge in [-0.05, 0) is 67.7 Å². The predicted molar refractivity (Wildman–Crippen MR) is 144 cm³/mol. The maximum Gasteiger partial charge on any atom is 0.205 e. The number of fused-ring (bicyclic) bond motifs is 1. The molecule has 0 amide bonds. The summed E-state index contributed by atoms with van der Waals surface area (Å²) >= 11 is 7.54. The predicted octanol–water partition coefficient (Wildman–Crippen LogP) is 6.10. The lowest BCUT2D eigenvalue weighted by Gasteiger charge is -2.38. The minimum atomic E-state index is -0.255. The molecule has 166 valence electrons. The number of thiocarbonyl (C=S) groups is 1. The zero-order valence-electron chi connectivity index (χ0n) is 18.6. The van der Waals surface area contributed by atoms with Crippen molar-refractivity contribution in [3.05, 3.63) is 96.1 Å². The van der Waals surface area contributed by atoms with Gasteiger partial charge < -0.3 is 4.90 Å². The number of amidine groups is 1. The maximum atomic E-state index is 5.97. The van der Waals surface area contributed by atoms with Crippen LogP contribution in [0.3, 0.4) is 0 Å². The fourth-order valence-corrected chi connectivity index (χ4v) is 5.37. The molecule has 2 aliphatic heterocycles. The molecular formula is C26H25N5S2. The third-order valence-corrected chi connectivity index (χ3v) is 7.14. The van der Waals surface area contributed by atoms with Crippen molar-refractivity contribution >= 4 is 50.7 Å². The number of hydrogen-bond acceptors (Lipinski definition) is 5. The van der Waals surface area contributed by atoms with Crippen LogP contribution >= 0.6 is 24.0 Å². The van der Waals surface area contributed by atoms with E-state index in [1.54, 1.807) is 16.8 Å². The van der Waals surface area contributed by atoms with E-state index in [1.165, 1.54) is 5.69 Å². The van der Waals surface area contributed by atoms with Crippen LogP contribution in [-0.4, -0.2) is 33.4 Å². The van der Waals surface area contributed by atoms with Crippen LogP contribution in [0.15, 0.2) is 95.0 Å². The summed E-state index contributed by atoms with van der Waals surface area (Å²) in [6, 6.07) is 29.0. The Morgan fingerprint density at radius 1 is 0.879 bits per heavy atom. The van der Waals surface area contributed by atoms with Gasteiger partial charge in [0.2, 0.25) is 5.11 Å². The summed E-state index contributed by atoms with van der Waals surface area (Å²) in [5, 5.41) is 8.95. The van der Waals surface area contributed by atoms with Gasteiger partial charge in [0.1, 0.15) is 5.04 Å². The zero-order valence-corrected chi connectivity index (χ0v) is 20.3. The number of nitrogens with zero attached hydrogens (tertiary/aromatic N) is 5. The lowest BCUT2D eigenvalue weighted by atomic mass is 10.1. The minimum Gasteiger partial charge on any atom is -0.372 e. The van der Waals surface area contributed by atoms with Crippen LogP contribution in [0.2, 0.25) is 0 Å². The number of hydrazone groups is 1. The van der Waals surface area contributed by atoms with Gasteiger partial charge in [-0.2, -0.15) is 10.1 Å². The summed E-state index contributed by atoms with van der Waals surface area (Å²) in [5.74, 6) is 0. The first-order chi connectivity index (χ1) is 16.2. The first-order valence-corrected chi connectivity index (χ1v) is 12.3. The quantitative estimate of drug-likeness (QED) is 0.406. The Hall–Kier alpha value is -3.16. The van der Waals surface area contributed by atoms with Crippen LogP contribution in [0.25, 0.3) is 0 Å². The average Bonchev–Trinajstić information content (AvgIpc) is 3.31. The molecule has 0 N–H and O–H groups in total. The van der Waals surface area contributed by atoms with E-state index in [0.29, 0.717) is 5.11 Å². The number of aliphatic imine (C=N–C) groups is 1. The maximum absolute atomic E-state index is 5.97. The molecule has 0 fully saturated rings. The first kappa shape index (κ1) is 21.7. The van der Waals surface area contributed by atoms with E-state index >= 15 is 0 Å². The van der Waals surface area contributed by atoms with Crippen LogP contribution in [-0.2, 0) is 0 Å². The molecule has 2 aliphatic rings. The van der Waals surface area contributed by atoms with E-state index in [-0.39, 0.29) is 6.17 Å². The topological polar surface area (TPSA) is 34.4 Å². The summed E-state index contributed by atoms with van der Waals surface area (Å²) in [6.07, 6.45) is -0.255. The van der Waals surface area contributed by atoms with Gasteiger partial charge in [0.05, 0.1) is 0 Å². The van der Waals surface area contributed by atoms with Crippen LogP contribution < -0.4 is 9.80 Å². The fourth-order valence-electron chi connectivity index (χ4n) is 4.07. The molecule has 7 heteroatoms. The molecule has 3 aromatic carbocycles. The lowest BCUT2D eigenvalue weighted by Crippen LogP contribution is -2.47. The largest absolute Gasteiger partial charge is 0.372 e. The molecule has 0 aromatic heterocycles. The van der Waals surface area contributed by atoms with Crippen molar-refractivity contribution < 1.29 is 0 Å². The second kappa shape index (κ2) is 9.37. The fraction of sp³-hybridized carbons (Fsp3) is 0.192. The minimum absolute atomic E-state index is 0.255. The van der Waals surface area contributed by atoms with E-state index < -0.39 is 0 Å². The molecule has 33 heavy (non-hydrogen) atoms. The van der Waals surface area contributed by atoms with Crippen molar-refractivity contribution in [2.75, 3.05) is 22.9 Å². The molecule has 0 spiro atoms. The van der Waals surface area contributed by atoms with Gasteiger partial charge in [-0.25, -0.2) is 4.99 Å². The lowest BCUT2D eigenvalue weighted by molar-refractivity contribution is 0.598. The highest BCUT2D eigenvalue weighted by Crippen LogP contribution is 2.39. The summed E-state index contributed by atoms with van der Waals surface area (Å²) in [5.41, 5.74) is 4.37. The van der Waals surface area contributed by atoms with Crippen molar-refractivity contribution in [1.29, 1.82) is 0 Å². The number of para-hydroxylation sites is 1. The van der Waals surface area contributed by atoms with Gasteiger partial charge in [-0.3, -0.25) is 4.90 Å². The third kappa shape index (κ3) is 4.14. The first-order valence-electron chi connectivity index (χ1n) is 11.1. The molecule has 0 bridgehead atoms. The Bertz CT molecular complexity index is 1190. The van der Waals surface area contributed by atoms with Crippen molar-refractivity contribution in [3.63, 3.8) is 0 Å². The van der Waals surface area contributed by atoms with Crippen LogP contribution in [0.1, 0.15) is 31.1 Å². The number of anilines is 2. The molecule has 0 aliphatic carbocycles. The van der Waals surface area contributed by atoms with E-state index in [0.717, 1.165) is 40.1 Å². The van der Waals surface area contributed by atoms with Gasteiger partial charge in [0.25, 0.3) is 0 Å². The zero-order chi connectivity index (χ0) is 22.8. The molecule has 1 atom stereocenters. The molecule has 0 unspecified atom stereocenters. The summed E-state index contributed by atoms with van der Waals surface area (Å²) < 4.78 is 0. The monoisotopic (exact) mass is 471 g/mol. The Labute approximate surface area is 204 Å². The molecule has 0 saturated heterocycles. The number of rotatable bonds is 6. The molecular weight excluding hydrogens is 446 g/mol. The summed E-state index contributed by atoms with van der Waals surface area (Å²) in [4.78, 5) is 9.55. The second-order valence-corrected chi connectivity index (χ2v) is 9.04. The van der Waals surface area contributed by atoms with Crippen molar-refractivity contribution in [1.82, 2.24) is 5.01 Å². The van der Waals surface area contributed by atoms with E-state index in [4.69, 9.17) is 22.3 Å². The number of hydrogen-bond donors (Lipinski definition) is 0. The molecule has 0 saturated carbocycles. The van der Waals surface area contributed by atoms with E-state index in [9.17, 15) is 0 Å².